The van der Waals surface area contributed by atoms with E-state index in [-0.39, 0.29) is 6.04 Å². The summed E-state index contributed by atoms with van der Waals surface area (Å²) < 4.78 is 11.0. The summed E-state index contributed by atoms with van der Waals surface area (Å²) in [5.74, 6) is 1.55. The van der Waals surface area contributed by atoms with Crippen molar-refractivity contribution >= 4 is 33.8 Å². The van der Waals surface area contributed by atoms with Crippen LogP contribution in [0.5, 0.6) is 5.75 Å². The zero-order valence-corrected chi connectivity index (χ0v) is 20.8. The monoisotopic (exact) mass is 488 g/mol. The Labute approximate surface area is 206 Å². The second kappa shape index (κ2) is 9.46. The van der Waals surface area contributed by atoms with Gasteiger partial charge in [0.05, 0.1) is 35.7 Å². The maximum Gasteiger partial charge on any atom is 0.204 e. The molecule has 3 heterocycles. The first-order chi connectivity index (χ1) is 16.5. The summed E-state index contributed by atoms with van der Waals surface area (Å²) in [6, 6.07) is 20.0. The molecule has 0 bridgehead atoms. The third-order valence-electron chi connectivity index (χ3n) is 5.79. The second-order valence-electron chi connectivity index (χ2n) is 7.97. The van der Waals surface area contributed by atoms with Gasteiger partial charge in [0.2, 0.25) is 4.77 Å². The molecular weight excluding hydrogens is 464 g/mol. The molecule has 2 aromatic carbocycles. The van der Waals surface area contributed by atoms with E-state index in [2.05, 4.69) is 36.0 Å². The van der Waals surface area contributed by atoms with Gasteiger partial charge in [0.25, 0.3) is 0 Å². The first kappa shape index (κ1) is 22.4. The molecule has 7 nitrogen and oxygen atoms in total. The molecule has 0 radical (unpaired) electrons. The minimum atomic E-state index is 0.106. The van der Waals surface area contributed by atoms with Crippen LogP contribution in [0.3, 0.4) is 0 Å². The molecule has 5 rings (SSSR count). The van der Waals surface area contributed by atoms with E-state index in [1.165, 1.54) is 4.70 Å². The van der Waals surface area contributed by atoms with Crippen LogP contribution < -0.4 is 4.74 Å². The van der Waals surface area contributed by atoms with Crippen molar-refractivity contribution in [3.63, 3.8) is 0 Å². The highest BCUT2D eigenvalue weighted by Gasteiger charge is 2.20. The van der Waals surface area contributed by atoms with Crippen molar-refractivity contribution < 1.29 is 4.74 Å². The summed E-state index contributed by atoms with van der Waals surface area (Å²) in [5, 5.41) is 5.98. The number of aromatic nitrogens is 5. The van der Waals surface area contributed by atoms with Crippen LogP contribution in [0.4, 0.5) is 0 Å². The van der Waals surface area contributed by atoms with Crippen LogP contribution in [0.25, 0.3) is 27.3 Å². The lowest BCUT2D eigenvalue weighted by molar-refractivity contribution is 0.194. The van der Waals surface area contributed by atoms with E-state index in [4.69, 9.17) is 27.0 Å². The molecule has 0 aliphatic carbocycles. The number of hydrogen-bond donors (Lipinski definition) is 0. The van der Waals surface area contributed by atoms with Crippen molar-refractivity contribution in [2.45, 2.75) is 19.6 Å². The Kier molecular flexibility index (Phi) is 6.23. The van der Waals surface area contributed by atoms with Gasteiger partial charge in [-0.3, -0.25) is 14.5 Å². The summed E-state index contributed by atoms with van der Waals surface area (Å²) in [6.45, 7) is 2.68. The largest absolute Gasteiger partial charge is 0.497 e. The van der Waals surface area contributed by atoms with Gasteiger partial charge in [0.1, 0.15) is 10.8 Å². The van der Waals surface area contributed by atoms with Crippen LogP contribution >= 0.6 is 23.6 Å². The molecule has 172 valence electrons. The van der Waals surface area contributed by atoms with Crippen molar-refractivity contribution in [2.75, 3.05) is 14.2 Å². The van der Waals surface area contributed by atoms with Crippen molar-refractivity contribution in [2.24, 2.45) is 0 Å². The molecule has 0 aliphatic heterocycles. The third-order valence-corrected chi connectivity index (χ3v) is 7.39. The standard InChI is InChI=1S/C25H24N6OS2/c1-17(24-27-21-6-4-5-7-22(21)34-24)29(2)16-30-25(33)31(19-8-10-20(32-3)11-9-19)23(28-30)18-12-14-26-15-13-18/h4-15,17H,16H2,1-3H3. The van der Waals surface area contributed by atoms with Crippen molar-refractivity contribution in [1.29, 1.82) is 0 Å². The van der Waals surface area contributed by atoms with Crippen LogP contribution in [-0.2, 0) is 6.67 Å². The van der Waals surface area contributed by atoms with Crippen LogP contribution in [-0.4, -0.2) is 43.4 Å². The molecule has 1 unspecified atom stereocenters. The van der Waals surface area contributed by atoms with E-state index in [0.717, 1.165) is 33.3 Å². The normalized spacial score (nSPS) is 12.4. The maximum absolute atomic E-state index is 5.91. The number of fused-ring (bicyclic) bond motifs is 1. The van der Waals surface area contributed by atoms with Gasteiger partial charge in [-0.2, -0.15) is 0 Å². The molecule has 34 heavy (non-hydrogen) atoms. The highest BCUT2D eigenvalue weighted by atomic mass is 32.1. The maximum atomic E-state index is 5.91. The van der Waals surface area contributed by atoms with Gasteiger partial charge in [0.15, 0.2) is 5.82 Å². The minimum absolute atomic E-state index is 0.106. The van der Waals surface area contributed by atoms with Crippen LogP contribution in [0.2, 0.25) is 0 Å². The number of thiazole rings is 1. The first-order valence-electron chi connectivity index (χ1n) is 10.9. The Morgan fingerprint density at radius 2 is 1.79 bits per heavy atom. The molecule has 0 saturated carbocycles. The lowest BCUT2D eigenvalue weighted by atomic mass is 10.2. The average Bonchev–Trinajstić information content (AvgIpc) is 3.45. The molecule has 5 aromatic rings. The van der Waals surface area contributed by atoms with E-state index in [9.17, 15) is 0 Å². The minimum Gasteiger partial charge on any atom is -0.497 e. The van der Waals surface area contributed by atoms with Crippen LogP contribution in [0, 0.1) is 4.77 Å². The van der Waals surface area contributed by atoms with Gasteiger partial charge < -0.3 is 4.74 Å². The number of benzene rings is 2. The molecule has 9 heteroatoms. The van der Waals surface area contributed by atoms with Gasteiger partial charge in [0, 0.05) is 18.0 Å². The fraction of sp³-hybridized carbons (Fsp3) is 0.200. The Hall–Kier alpha value is -3.40. The summed E-state index contributed by atoms with van der Waals surface area (Å²) in [6.07, 6.45) is 3.52. The Balaban J connectivity index is 1.51. The fourth-order valence-corrected chi connectivity index (χ4v) is 5.12. The highest BCUT2D eigenvalue weighted by molar-refractivity contribution is 7.71. The van der Waals surface area contributed by atoms with E-state index >= 15 is 0 Å². The predicted molar refractivity (Wildman–Crippen MR) is 138 cm³/mol. The van der Waals surface area contributed by atoms with Gasteiger partial charge in [-0.25, -0.2) is 9.67 Å². The Morgan fingerprint density at radius 1 is 1.06 bits per heavy atom. The number of hydrogen-bond acceptors (Lipinski definition) is 7. The molecule has 0 N–H and O–H groups in total. The summed E-state index contributed by atoms with van der Waals surface area (Å²) in [4.78, 5) is 11.2. The van der Waals surface area contributed by atoms with Crippen LogP contribution in [0.1, 0.15) is 18.0 Å². The number of methoxy groups -OCH3 is 1. The van der Waals surface area contributed by atoms with E-state index < -0.39 is 0 Å². The van der Waals surface area contributed by atoms with Crippen molar-refractivity contribution in [3.8, 4) is 22.8 Å². The smallest absolute Gasteiger partial charge is 0.204 e. The molecule has 0 spiro atoms. The lowest BCUT2D eigenvalue weighted by Gasteiger charge is -2.22. The van der Waals surface area contributed by atoms with Gasteiger partial charge in [-0.15, -0.1) is 16.4 Å². The van der Waals surface area contributed by atoms with E-state index in [1.54, 1.807) is 30.8 Å². The molecule has 0 aliphatic rings. The van der Waals surface area contributed by atoms with Crippen molar-refractivity contribution in [3.05, 3.63) is 82.8 Å². The van der Waals surface area contributed by atoms with E-state index in [1.807, 2.05) is 57.8 Å². The highest BCUT2D eigenvalue weighted by Crippen LogP contribution is 2.30. The van der Waals surface area contributed by atoms with Crippen molar-refractivity contribution in [1.82, 2.24) is 29.2 Å². The number of para-hydroxylation sites is 1. The molecule has 3 aromatic heterocycles. The van der Waals surface area contributed by atoms with E-state index in [0.29, 0.717) is 11.4 Å². The molecule has 0 saturated heterocycles. The fourth-order valence-electron chi connectivity index (χ4n) is 3.74. The van der Waals surface area contributed by atoms with Crippen LogP contribution in [0.15, 0.2) is 73.1 Å². The predicted octanol–water partition coefficient (Wildman–Crippen LogP) is 5.73. The second-order valence-corrected chi connectivity index (χ2v) is 9.40. The van der Waals surface area contributed by atoms with Gasteiger partial charge in [-0.1, -0.05) is 12.1 Å². The zero-order valence-electron chi connectivity index (χ0n) is 19.1. The topological polar surface area (TPSA) is 61.0 Å². The summed E-state index contributed by atoms with van der Waals surface area (Å²) >= 11 is 7.63. The third kappa shape index (κ3) is 4.25. The van der Waals surface area contributed by atoms with Gasteiger partial charge >= 0.3 is 0 Å². The number of pyridine rings is 1. The lowest BCUT2D eigenvalue weighted by Crippen LogP contribution is -2.26. The average molecular weight is 489 g/mol. The Bertz CT molecular complexity index is 1440. The zero-order chi connectivity index (χ0) is 23.7. The number of rotatable bonds is 7. The summed E-state index contributed by atoms with van der Waals surface area (Å²) in [5.41, 5.74) is 2.89. The Morgan fingerprint density at radius 3 is 2.50 bits per heavy atom. The molecular formula is C25H24N6OS2. The SMILES string of the molecule is COc1ccc(-n2c(-c3ccncc3)nn(CN(C)C(C)c3nc4ccccc4s3)c2=S)cc1. The molecule has 0 fully saturated rings. The van der Waals surface area contributed by atoms with Gasteiger partial charge in [-0.05, 0) is 74.7 Å². The number of ether oxygens (including phenoxy) is 1. The first-order valence-corrected chi connectivity index (χ1v) is 12.1. The summed E-state index contributed by atoms with van der Waals surface area (Å²) in [7, 11) is 3.72. The number of nitrogens with zero attached hydrogens (tertiary/aromatic N) is 6. The molecule has 0 amide bonds. The molecule has 1 atom stereocenters. The quantitative estimate of drug-likeness (QED) is 0.273.